The summed E-state index contributed by atoms with van der Waals surface area (Å²) < 4.78 is 0. The molecule has 0 spiro atoms. The van der Waals surface area contributed by atoms with Crippen molar-refractivity contribution in [3.63, 3.8) is 0 Å². The van der Waals surface area contributed by atoms with Crippen molar-refractivity contribution in [1.82, 2.24) is 15.1 Å². The first-order valence-electron chi connectivity index (χ1n) is 10.4. The molecule has 160 valence electrons. The Morgan fingerprint density at radius 1 is 1.13 bits per heavy atom. The number of unbranched alkanes of at least 4 members (excludes halogenated alkanes) is 3. The number of carbonyl (C=O) groups excluding carboxylic acids is 5. The van der Waals surface area contributed by atoms with Gasteiger partial charge in [-0.25, -0.2) is 0 Å². The van der Waals surface area contributed by atoms with Crippen molar-refractivity contribution in [2.45, 2.75) is 64.5 Å². The van der Waals surface area contributed by atoms with Crippen LogP contribution in [0.15, 0.2) is 18.2 Å². The van der Waals surface area contributed by atoms with Crippen LogP contribution >= 0.6 is 0 Å². The molecular weight excluding hydrogens is 386 g/mol. The van der Waals surface area contributed by atoms with Gasteiger partial charge in [-0.2, -0.15) is 0 Å². The highest BCUT2D eigenvalue weighted by Crippen LogP contribution is 2.30. The fraction of sp³-hybridized carbons (Fsp3) is 0.500. The Kier molecular flexibility index (Phi) is 6.64. The summed E-state index contributed by atoms with van der Waals surface area (Å²) in [6.07, 6.45) is 4.65. The van der Waals surface area contributed by atoms with Crippen LogP contribution in [-0.4, -0.2) is 52.4 Å². The van der Waals surface area contributed by atoms with E-state index in [4.69, 9.17) is 0 Å². The third kappa shape index (κ3) is 4.27. The molecule has 0 saturated carbocycles. The summed E-state index contributed by atoms with van der Waals surface area (Å²) >= 11 is 0. The number of nitrogens with one attached hydrogen (secondary N) is 1. The molecule has 2 aliphatic rings. The molecule has 2 aliphatic heterocycles. The number of nitrogens with zero attached hydrogens (tertiary/aromatic N) is 2. The molecule has 1 aromatic carbocycles. The second-order valence-corrected chi connectivity index (χ2v) is 7.85. The lowest BCUT2D eigenvalue weighted by Gasteiger charge is -2.28. The molecule has 2 heterocycles. The van der Waals surface area contributed by atoms with E-state index in [9.17, 15) is 24.0 Å². The third-order valence-corrected chi connectivity index (χ3v) is 5.63. The second-order valence-electron chi connectivity index (χ2n) is 7.85. The molecule has 1 fully saturated rings. The molecule has 1 atom stereocenters. The average Bonchev–Trinajstić information content (AvgIpc) is 2.97. The lowest BCUT2D eigenvalue weighted by Crippen LogP contribution is -2.54. The van der Waals surface area contributed by atoms with Crippen LogP contribution in [0.5, 0.6) is 0 Å². The standard InChI is InChI=1S/C22H27N3O5/c1-3-4-5-6-10-18(27)24(2)13-14-8-7-9-15-19(14)22(30)25(21(15)29)16-11-12-17(26)23-20(16)28/h7-9,16H,3-6,10-13H2,1-2H3,(H,23,26,28). The Morgan fingerprint density at radius 2 is 1.90 bits per heavy atom. The number of benzene rings is 1. The molecule has 0 aliphatic carbocycles. The van der Waals surface area contributed by atoms with Gasteiger partial charge in [-0.3, -0.25) is 34.2 Å². The van der Waals surface area contributed by atoms with Crippen molar-refractivity contribution in [2.75, 3.05) is 7.05 Å². The topological polar surface area (TPSA) is 104 Å². The van der Waals surface area contributed by atoms with Gasteiger partial charge in [-0.15, -0.1) is 0 Å². The number of carbonyl (C=O) groups is 5. The number of amides is 5. The molecule has 8 nitrogen and oxygen atoms in total. The lowest BCUT2D eigenvalue weighted by atomic mass is 10.0. The minimum Gasteiger partial charge on any atom is -0.341 e. The molecule has 0 aromatic heterocycles. The van der Waals surface area contributed by atoms with E-state index in [0.29, 0.717) is 12.0 Å². The lowest BCUT2D eigenvalue weighted by molar-refractivity contribution is -0.136. The molecule has 0 bridgehead atoms. The monoisotopic (exact) mass is 413 g/mol. The van der Waals surface area contributed by atoms with Crippen LogP contribution in [0.1, 0.15) is 78.1 Å². The highest BCUT2D eigenvalue weighted by molar-refractivity contribution is 6.24. The largest absolute Gasteiger partial charge is 0.341 e. The van der Waals surface area contributed by atoms with E-state index in [2.05, 4.69) is 12.2 Å². The van der Waals surface area contributed by atoms with Gasteiger partial charge in [0.05, 0.1) is 11.1 Å². The SMILES string of the molecule is CCCCCCC(=O)N(C)Cc1cccc2c1C(=O)N(C1CCC(=O)NC1=O)C2=O. The highest BCUT2D eigenvalue weighted by Gasteiger charge is 2.45. The number of hydrogen-bond acceptors (Lipinski definition) is 5. The molecule has 1 unspecified atom stereocenters. The van der Waals surface area contributed by atoms with Crippen LogP contribution in [-0.2, 0) is 20.9 Å². The van der Waals surface area contributed by atoms with Gasteiger partial charge in [-0.05, 0) is 24.5 Å². The number of hydrogen-bond donors (Lipinski definition) is 1. The zero-order chi connectivity index (χ0) is 21.8. The van der Waals surface area contributed by atoms with E-state index in [1.165, 1.54) is 0 Å². The van der Waals surface area contributed by atoms with Gasteiger partial charge in [0.2, 0.25) is 17.7 Å². The molecule has 1 aromatic rings. The van der Waals surface area contributed by atoms with Gasteiger partial charge in [0.1, 0.15) is 6.04 Å². The fourth-order valence-corrected chi connectivity index (χ4v) is 3.95. The summed E-state index contributed by atoms with van der Waals surface area (Å²) in [4.78, 5) is 64.5. The number of rotatable bonds is 8. The minimum atomic E-state index is -0.999. The van der Waals surface area contributed by atoms with Crippen LogP contribution in [0, 0.1) is 0 Å². The first-order chi connectivity index (χ1) is 14.3. The Balaban J connectivity index is 1.76. The number of fused-ring (bicyclic) bond motifs is 1. The van der Waals surface area contributed by atoms with Crippen molar-refractivity contribution in [2.24, 2.45) is 0 Å². The zero-order valence-electron chi connectivity index (χ0n) is 17.4. The third-order valence-electron chi connectivity index (χ3n) is 5.63. The van der Waals surface area contributed by atoms with Crippen molar-refractivity contribution in [3.05, 3.63) is 34.9 Å². The van der Waals surface area contributed by atoms with Gasteiger partial charge in [-0.1, -0.05) is 38.3 Å². The normalized spacial score (nSPS) is 18.5. The Morgan fingerprint density at radius 3 is 2.60 bits per heavy atom. The van der Waals surface area contributed by atoms with Crippen molar-refractivity contribution < 1.29 is 24.0 Å². The molecule has 3 rings (SSSR count). The summed E-state index contributed by atoms with van der Waals surface area (Å²) in [6, 6.07) is 3.95. The smallest absolute Gasteiger partial charge is 0.262 e. The predicted octanol–water partition coefficient (Wildman–Crippen LogP) is 2.02. The maximum Gasteiger partial charge on any atom is 0.262 e. The van der Waals surface area contributed by atoms with Gasteiger partial charge in [0, 0.05) is 26.4 Å². The van der Waals surface area contributed by atoms with Gasteiger partial charge < -0.3 is 4.90 Å². The van der Waals surface area contributed by atoms with Crippen LogP contribution in [0.3, 0.4) is 0 Å². The van der Waals surface area contributed by atoms with Crippen LogP contribution < -0.4 is 5.32 Å². The molecule has 0 radical (unpaired) electrons. The van der Waals surface area contributed by atoms with Crippen molar-refractivity contribution in [3.8, 4) is 0 Å². The Labute approximate surface area is 175 Å². The van der Waals surface area contributed by atoms with Crippen molar-refractivity contribution >= 4 is 29.5 Å². The first kappa shape index (κ1) is 21.7. The number of piperidine rings is 1. The quantitative estimate of drug-likeness (QED) is 0.519. The summed E-state index contributed by atoms with van der Waals surface area (Å²) in [5, 5.41) is 2.19. The zero-order valence-corrected chi connectivity index (χ0v) is 17.4. The molecule has 1 N–H and O–H groups in total. The van der Waals surface area contributed by atoms with Crippen LogP contribution in [0.25, 0.3) is 0 Å². The maximum atomic E-state index is 13.1. The molecule has 8 heteroatoms. The van der Waals surface area contributed by atoms with E-state index >= 15 is 0 Å². The minimum absolute atomic E-state index is 0.0116. The van der Waals surface area contributed by atoms with Gasteiger partial charge in [0.15, 0.2) is 0 Å². The maximum absolute atomic E-state index is 13.1. The van der Waals surface area contributed by atoms with E-state index in [1.54, 1.807) is 30.1 Å². The van der Waals surface area contributed by atoms with Gasteiger partial charge >= 0.3 is 0 Å². The Bertz CT molecular complexity index is 895. The molecular formula is C22H27N3O5. The predicted molar refractivity (Wildman–Crippen MR) is 108 cm³/mol. The highest BCUT2D eigenvalue weighted by atomic mass is 16.2. The van der Waals surface area contributed by atoms with E-state index < -0.39 is 29.7 Å². The van der Waals surface area contributed by atoms with Crippen LogP contribution in [0.4, 0.5) is 0 Å². The van der Waals surface area contributed by atoms with Crippen LogP contribution in [0.2, 0.25) is 0 Å². The summed E-state index contributed by atoms with van der Waals surface area (Å²) in [5.74, 6) is -2.15. The first-order valence-corrected chi connectivity index (χ1v) is 10.4. The summed E-state index contributed by atoms with van der Waals surface area (Å²) in [7, 11) is 1.68. The average molecular weight is 413 g/mol. The summed E-state index contributed by atoms with van der Waals surface area (Å²) in [6.45, 7) is 2.32. The second kappa shape index (κ2) is 9.19. The molecule has 1 saturated heterocycles. The number of imide groups is 2. The van der Waals surface area contributed by atoms with Crippen molar-refractivity contribution in [1.29, 1.82) is 0 Å². The summed E-state index contributed by atoms with van der Waals surface area (Å²) in [5.41, 5.74) is 1.04. The van der Waals surface area contributed by atoms with E-state index in [1.807, 2.05) is 0 Å². The molecule has 5 amide bonds. The fourth-order valence-electron chi connectivity index (χ4n) is 3.95. The van der Waals surface area contributed by atoms with E-state index in [-0.39, 0.29) is 36.4 Å². The van der Waals surface area contributed by atoms with E-state index in [0.717, 1.165) is 30.6 Å². The van der Waals surface area contributed by atoms with Gasteiger partial charge in [0.25, 0.3) is 11.8 Å². The molecule has 30 heavy (non-hydrogen) atoms. The Hall–Kier alpha value is -3.03.